The fourth-order valence-corrected chi connectivity index (χ4v) is 4.78. The lowest BCUT2D eigenvalue weighted by Crippen LogP contribution is -2.32. The number of halogens is 2. The van der Waals surface area contributed by atoms with Gasteiger partial charge in [-0.3, -0.25) is 0 Å². The lowest BCUT2D eigenvalue weighted by molar-refractivity contribution is 0.251. The van der Waals surface area contributed by atoms with E-state index in [0.29, 0.717) is 22.3 Å². The Balaban J connectivity index is 1.71. The van der Waals surface area contributed by atoms with Gasteiger partial charge in [-0.15, -0.1) is 0 Å². The molecule has 0 aliphatic heterocycles. The highest BCUT2D eigenvalue weighted by atomic mass is 35.5. The summed E-state index contributed by atoms with van der Waals surface area (Å²) in [7, 11) is 0. The van der Waals surface area contributed by atoms with Crippen molar-refractivity contribution in [1.82, 2.24) is 5.32 Å². The number of hydrogen-bond donors (Lipinski definition) is 3. The van der Waals surface area contributed by atoms with Crippen molar-refractivity contribution in [2.45, 2.75) is 78.1 Å². The first-order valence-corrected chi connectivity index (χ1v) is 13.9. The van der Waals surface area contributed by atoms with E-state index >= 15 is 0 Å². The summed E-state index contributed by atoms with van der Waals surface area (Å²) in [4.78, 5) is 12.7. The van der Waals surface area contributed by atoms with Crippen LogP contribution in [0.3, 0.4) is 0 Å². The minimum atomic E-state index is -0.251. The normalized spacial score (nSPS) is 12.8. The molecular weight excluding hydrogens is 515 g/mol. The van der Waals surface area contributed by atoms with Crippen LogP contribution < -0.4 is 10.6 Å². The molecule has 3 N–H and O–H groups in total. The monoisotopic (exact) mass is 554 g/mol. The van der Waals surface area contributed by atoms with Crippen LogP contribution >= 0.6 is 23.2 Å². The number of rotatable bonds is 7. The first kappa shape index (κ1) is 29.9. The highest BCUT2D eigenvalue weighted by Gasteiger charge is 2.26. The van der Waals surface area contributed by atoms with Gasteiger partial charge in [0, 0.05) is 12.2 Å². The van der Waals surface area contributed by atoms with Crippen LogP contribution in [0.2, 0.25) is 10.0 Å². The van der Waals surface area contributed by atoms with E-state index in [9.17, 15) is 9.90 Å². The van der Waals surface area contributed by atoms with Crippen LogP contribution in [0.1, 0.15) is 82.2 Å². The quantitative estimate of drug-likeness (QED) is 0.272. The smallest absolute Gasteiger partial charge is 0.319 e. The number of urea groups is 1. The number of para-hydroxylation sites is 1. The molecule has 0 saturated carbocycles. The molecule has 0 radical (unpaired) electrons. The fraction of sp³-hybridized carbons (Fsp3) is 0.406. The van der Waals surface area contributed by atoms with Crippen LogP contribution in [0.4, 0.5) is 10.5 Å². The summed E-state index contributed by atoms with van der Waals surface area (Å²) in [5, 5.41) is 18.0. The summed E-state index contributed by atoms with van der Waals surface area (Å²) in [5.41, 5.74) is 5.60. The molecule has 0 saturated heterocycles. The zero-order valence-electron chi connectivity index (χ0n) is 23.5. The predicted molar refractivity (Wildman–Crippen MR) is 161 cm³/mol. The van der Waals surface area contributed by atoms with Gasteiger partial charge >= 0.3 is 6.03 Å². The number of benzene rings is 3. The molecule has 0 aliphatic carbocycles. The predicted octanol–water partition coefficient (Wildman–Crippen LogP) is 9.00. The van der Waals surface area contributed by atoms with Crippen LogP contribution in [-0.2, 0) is 23.7 Å². The van der Waals surface area contributed by atoms with E-state index in [1.54, 1.807) is 6.07 Å². The second-order valence-corrected chi connectivity index (χ2v) is 12.9. The standard InChI is InChI=1S/C32H40Cl2N2O2/c1-20(23-14-15-26(33)27(34)18-23)19-35-30(38)36-28-11-9-8-10-22(28)13-12-21-16-24(31(2,3)4)29(37)25(17-21)32(5,6)7/h8-11,14-18,20,37H,12-13,19H2,1-7H3,(H2,35,36,38). The second-order valence-electron chi connectivity index (χ2n) is 12.1. The van der Waals surface area contributed by atoms with E-state index in [0.717, 1.165) is 40.8 Å². The Bertz CT molecular complexity index is 1250. The largest absolute Gasteiger partial charge is 0.507 e. The summed E-state index contributed by atoms with van der Waals surface area (Å²) in [6.45, 7) is 15.2. The number of phenolic OH excluding ortho intramolecular Hbond substituents is 1. The Kier molecular flexibility index (Phi) is 9.43. The van der Waals surface area contributed by atoms with Crippen LogP contribution in [0.15, 0.2) is 54.6 Å². The Labute approximate surface area is 237 Å². The third-order valence-electron chi connectivity index (χ3n) is 6.82. The van der Waals surface area contributed by atoms with Crippen molar-refractivity contribution in [2.24, 2.45) is 0 Å². The maximum Gasteiger partial charge on any atom is 0.319 e. The Hall–Kier alpha value is -2.69. The van der Waals surface area contributed by atoms with Gasteiger partial charge in [0.25, 0.3) is 0 Å². The van der Waals surface area contributed by atoms with E-state index < -0.39 is 0 Å². The third-order valence-corrected chi connectivity index (χ3v) is 7.55. The van der Waals surface area contributed by atoms with Gasteiger partial charge in [-0.05, 0) is 75.6 Å². The molecular formula is C32H40Cl2N2O2. The Morgan fingerprint density at radius 1 is 0.868 bits per heavy atom. The van der Waals surface area contributed by atoms with Crippen LogP contribution in [0, 0.1) is 0 Å². The second kappa shape index (κ2) is 12.0. The maximum atomic E-state index is 12.7. The molecule has 0 spiro atoms. The number of carbonyl (C=O) groups excluding carboxylic acids is 1. The number of amides is 2. The van der Waals surface area contributed by atoms with Crippen molar-refractivity contribution in [3.63, 3.8) is 0 Å². The summed E-state index contributed by atoms with van der Waals surface area (Å²) in [6.07, 6.45) is 1.55. The van der Waals surface area contributed by atoms with Crippen molar-refractivity contribution >= 4 is 34.9 Å². The zero-order valence-corrected chi connectivity index (χ0v) is 25.0. The fourth-order valence-electron chi connectivity index (χ4n) is 4.47. The van der Waals surface area contributed by atoms with Gasteiger partial charge in [0.05, 0.1) is 10.0 Å². The summed E-state index contributed by atoms with van der Waals surface area (Å²) >= 11 is 12.2. The molecule has 4 nitrogen and oxygen atoms in total. The number of aromatic hydroxyl groups is 1. The molecule has 0 heterocycles. The molecule has 204 valence electrons. The molecule has 6 heteroatoms. The van der Waals surface area contributed by atoms with Gasteiger partial charge in [0.15, 0.2) is 0 Å². The first-order valence-electron chi connectivity index (χ1n) is 13.1. The molecule has 3 aromatic rings. The van der Waals surface area contributed by atoms with E-state index in [-0.39, 0.29) is 22.8 Å². The Morgan fingerprint density at radius 2 is 1.47 bits per heavy atom. The highest BCUT2D eigenvalue weighted by molar-refractivity contribution is 6.42. The first-order chi connectivity index (χ1) is 17.7. The van der Waals surface area contributed by atoms with Crippen molar-refractivity contribution in [3.8, 4) is 5.75 Å². The lowest BCUT2D eigenvalue weighted by Gasteiger charge is -2.28. The van der Waals surface area contributed by atoms with Crippen LogP contribution in [-0.4, -0.2) is 17.7 Å². The number of phenols is 1. The molecule has 1 unspecified atom stereocenters. The van der Waals surface area contributed by atoms with Gasteiger partial charge in [-0.25, -0.2) is 4.79 Å². The molecule has 2 amide bonds. The molecule has 0 fully saturated rings. The SMILES string of the molecule is CC(CNC(=O)Nc1ccccc1CCc1cc(C(C)(C)C)c(O)c(C(C)(C)C)c1)c1ccc(Cl)c(Cl)c1. The topological polar surface area (TPSA) is 61.4 Å². The van der Waals surface area contributed by atoms with Crippen LogP contribution in [0.25, 0.3) is 0 Å². The summed E-state index contributed by atoms with van der Waals surface area (Å²) in [6, 6.07) is 17.4. The molecule has 38 heavy (non-hydrogen) atoms. The van der Waals surface area contributed by atoms with Gasteiger partial charge in [-0.1, -0.05) is 108 Å². The molecule has 1 atom stereocenters. The molecule has 3 rings (SSSR count). The molecule has 0 aromatic heterocycles. The average molecular weight is 556 g/mol. The van der Waals surface area contributed by atoms with Gasteiger partial charge < -0.3 is 15.7 Å². The number of nitrogens with one attached hydrogen (secondary N) is 2. The number of hydrogen-bond acceptors (Lipinski definition) is 2. The van der Waals surface area contributed by atoms with Gasteiger partial charge in [0.1, 0.15) is 5.75 Å². The third kappa shape index (κ3) is 7.68. The van der Waals surface area contributed by atoms with E-state index in [1.807, 2.05) is 43.3 Å². The van der Waals surface area contributed by atoms with Crippen molar-refractivity contribution in [3.05, 3.63) is 92.5 Å². The minimum Gasteiger partial charge on any atom is -0.507 e. The zero-order chi connectivity index (χ0) is 28.3. The van der Waals surface area contributed by atoms with E-state index in [2.05, 4.69) is 64.3 Å². The molecule has 0 bridgehead atoms. The van der Waals surface area contributed by atoms with Gasteiger partial charge in [-0.2, -0.15) is 0 Å². The minimum absolute atomic E-state index is 0.0780. The highest BCUT2D eigenvalue weighted by Crippen LogP contribution is 2.40. The number of anilines is 1. The van der Waals surface area contributed by atoms with E-state index in [1.165, 1.54) is 5.56 Å². The number of carbonyl (C=O) groups is 1. The number of aryl methyl sites for hydroxylation is 2. The van der Waals surface area contributed by atoms with Crippen molar-refractivity contribution < 1.29 is 9.90 Å². The molecule has 0 aliphatic rings. The van der Waals surface area contributed by atoms with Crippen molar-refractivity contribution in [1.29, 1.82) is 0 Å². The van der Waals surface area contributed by atoms with Crippen LogP contribution in [0.5, 0.6) is 5.75 Å². The molecule has 3 aromatic carbocycles. The van der Waals surface area contributed by atoms with Crippen molar-refractivity contribution in [2.75, 3.05) is 11.9 Å². The van der Waals surface area contributed by atoms with E-state index in [4.69, 9.17) is 23.2 Å². The summed E-state index contributed by atoms with van der Waals surface area (Å²) < 4.78 is 0. The lowest BCUT2D eigenvalue weighted by atomic mass is 9.78. The Morgan fingerprint density at radius 3 is 2.05 bits per heavy atom. The summed E-state index contributed by atoms with van der Waals surface area (Å²) in [5.74, 6) is 0.469. The van der Waals surface area contributed by atoms with Gasteiger partial charge in [0.2, 0.25) is 0 Å². The maximum absolute atomic E-state index is 12.7. The average Bonchev–Trinajstić information content (AvgIpc) is 2.83.